The second-order valence-corrected chi connectivity index (χ2v) is 10.6. The summed E-state index contributed by atoms with van der Waals surface area (Å²) in [6.07, 6.45) is 4.35. The highest BCUT2D eigenvalue weighted by molar-refractivity contribution is 7.86. The molecule has 0 unspecified atom stereocenters. The molecule has 1 fully saturated rings. The van der Waals surface area contributed by atoms with Gasteiger partial charge < -0.3 is 4.90 Å². The summed E-state index contributed by atoms with van der Waals surface area (Å²) in [4.78, 5) is 11.8. The van der Waals surface area contributed by atoms with Gasteiger partial charge in [-0.05, 0) is 50.3 Å². The third-order valence-corrected chi connectivity index (χ3v) is 8.09. The van der Waals surface area contributed by atoms with Crippen LogP contribution < -0.4 is 4.90 Å². The average Bonchev–Trinajstić information content (AvgIpc) is 2.74. The molecule has 168 valence electrons. The molecule has 7 nitrogen and oxygen atoms in total. The molecule has 9 heteroatoms. The van der Waals surface area contributed by atoms with Gasteiger partial charge in [-0.1, -0.05) is 18.6 Å². The molecule has 0 aliphatic carbocycles. The third-order valence-electron chi connectivity index (χ3n) is 6.14. The summed E-state index contributed by atoms with van der Waals surface area (Å²) in [5, 5.41) is 0. The fraction of sp³-hybridized carbons (Fsp3) is 0.545. The fourth-order valence-corrected chi connectivity index (χ4v) is 5.82. The number of hydrogen-bond donors (Lipinski definition) is 0. The molecule has 1 aromatic heterocycles. The van der Waals surface area contributed by atoms with E-state index in [2.05, 4.69) is 4.90 Å². The van der Waals surface area contributed by atoms with Crippen LogP contribution in [0.1, 0.15) is 54.4 Å². The van der Waals surface area contributed by atoms with Gasteiger partial charge in [-0.25, -0.2) is 14.4 Å². The van der Waals surface area contributed by atoms with Crippen LogP contribution in [-0.2, 0) is 23.2 Å². The van der Waals surface area contributed by atoms with E-state index in [1.165, 1.54) is 14.7 Å². The molecule has 0 bridgehead atoms. The molecular formula is C22H30FN5O2S. The smallest absolute Gasteiger partial charge is 0.282 e. The Bertz CT molecular complexity index is 1060. The van der Waals surface area contributed by atoms with E-state index < -0.39 is 10.2 Å². The van der Waals surface area contributed by atoms with E-state index in [1.54, 1.807) is 26.2 Å². The van der Waals surface area contributed by atoms with Crippen LogP contribution in [0.3, 0.4) is 0 Å². The zero-order valence-corrected chi connectivity index (χ0v) is 19.2. The Balaban J connectivity index is 1.71. The number of piperidine rings is 1. The number of hydrogen-bond acceptors (Lipinski definition) is 5. The van der Waals surface area contributed by atoms with Crippen LogP contribution in [0.2, 0.25) is 0 Å². The van der Waals surface area contributed by atoms with Gasteiger partial charge in [0.15, 0.2) is 0 Å². The summed E-state index contributed by atoms with van der Waals surface area (Å²) < 4.78 is 42.4. The van der Waals surface area contributed by atoms with E-state index in [9.17, 15) is 12.8 Å². The lowest BCUT2D eigenvalue weighted by molar-refractivity contribution is 0.234. The number of benzene rings is 1. The second kappa shape index (κ2) is 8.80. The Labute approximate surface area is 184 Å². The van der Waals surface area contributed by atoms with Crippen molar-refractivity contribution in [2.24, 2.45) is 0 Å². The lowest BCUT2D eigenvalue weighted by Crippen LogP contribution is -2.45. The minimum absolute atomic E-state index is 0.249. The largest absolute Gasteiger partial charge is 0.352 e. The van der Waals surface area contributed by atoms with Crippen molar-refractivity contribution in [3.63, 3.8) is 0 Å². The van der Waals surface area contributed by atoms with Crippen LogP contribution in [0.5, 0.6) is 0 Å². The first-order chi connectivity index (χ1) is 14.8. The number of nitrogens with zero attached hydrogens (tertiary/aromatic N) is 5. The van der Waals surface area contributed by atoms with E-state index in [1.807, 2.05) is 13.0 Å². The number of halogens is 1. The average molecular weight is 448 g/mol. The van der Waals surface area contributed by atoms with Gasteiger partial charge in [0, 0.05) is 45.0 Å². The summed E-state index contributed by atoms with van der Waals surface area (Å²) in [7, 11) is -0.454. The minimum Gasteiger partial charge on any atom is -0.352 e. The van der Waals surface area contributed by atoms with Gasteiger partial charge in [0.25, 0.3) is 10.2 Å². The molecule has 2 aromatic rings. The summed E-state index contributed by atoms with van der Waals surface area (Å²) in [5.41, 5.74) is 2.89. The van der Waals surface area contributed by atoms with E-state index in [0.29, 0.717) is 25.3 Å². The molecule has 4 rings (SSSR count). The van der Waals surface area contributed by atoms with Gasteiger partial charge in [0.05, 0.1) is 6.04 Å². The van der Waals surface area contributed by atoms with Gasteiger partial charge in [-0.3, -0.25) is 0 Å². The van der Waals surface area contributed by atoms with Crippen molar-refractivity contribution < 1.29 is 12.8 Å². The van der Waals surface area contributed by atoms with Crippen LogP contribution in [-0.4, -0.2) is 54.2 Å². The molecule has 0 saturated carbocycles. The van der Waals surface area contributed by atoms with Gasteiger partial charge >= 0.3 is 0 Å². The Morgan fingerprint density at radius 1 is 1.16 bits per heavy atom. The molecule has 0 N–H and O–H groups in total. The van der Waals surface area contributed by atoms with Crippen molar-refractivity contribution >= 4 is 16.0 Å². The highest BCUT2D eigenvalue weighted by Crippen LogP contribution is 2.35. The highest BCUT2D eigenvalue weighted by atomic mass is 32.2. The van der Waals surface area contributed by atoms with Crippen molar-refractivity contribution in [3.8, 4) is 0 Å². The molecule has 0 amide bonds. The highest BCUT2D eigenvalue weighted by Gasteiger charge is 2.37. The third kappa shape index (κ3) is 4.44. The van der Waals surface area contributed by atoms with Crippen molar-refractivity contribution in [2.45, 2.75) is 51.6 Å². The maximum absolute atomic E-state index is 13.7. The van der Waals surface area contributed by atoms with Crippen LogP contribution in [0.15, 0.2) is 24.3 Å². The first kappa shape index (κ1) is 22.1. The molecular weight excluding hydrogens is 417 g/mol. The summed E-state index contributed by atoms with van der Waals surface area (Å²) >= 11 is 0. The van der Waals surface area contributed by atoms with E-state index >= 15 is 0 Å². The van der Waals surface area contributed by atoms with Crippen molar-refractivity contribution in [3.05, 3.63) is 52.7 Å². The van der Waals surface area contributed by atoms with Crippen LogP contribution in [0.4, 0.5) is 10.2 Å². The Kier molecular flexibility index (Phi) is 6.27. The lowest BCUT2D eigenvalue weighted by Gasteiger charge is -2.37. The van der Waals surface area contributed by atoms with Crippen LogP contribution >= 0.6 is 0 Å². The molecule has 1 saturated heterocycles. The number of rotatable bonds is 5. The number of aromatic nitrogens is 2. The topological polar surface area (TPSA) is 69.6 Å². The molecule has 0 spiro atoms. The van der Waals surface area contributed by atoms with Crippen molar-refractivity contribution in [2.75, 3.05) is 32.1 Å². The number of anilines is 1. The molecule has 3 heterocycles. The molecule has 2 aliphatic heterocycles. The zero-order chi connectivity index (χ0) is 22.2. The lowest BCUT2D eigenvalue weighted by atomic mass is 10.0. The standard InChI is InChI=1S/C22H30FN5O2S/c1-16-19-10-7-12-27(15-17-8-6-9-18(23)14-17)22(19)25-21(24-16)20-11-4-5-13-28(20)31(29,30)26(2)3/h6,8-9,14,20H,4-5,7,10-13,15H2,1-3H3/t20-/m0/s1. The monoisotopic (exact) mass is 447 g/mol. The summed E-state index contributed by atoms with van der Waals surface area (Å²) in [6.45, 7) is 3.83. The van der Waals surface area contributed by atoms with Crippen molar-refractivity contribution in [1.82, 2.24) is 18.6 Å². The minimum atomic E-state index is -3.57. The zero-order valence-electron chi connectivity index (χ0n) is 18.4. The fourth-order valence-electron chi connectivity index (χ4n) is 4.52. The van der Waals surface area contributed by atoms with E-state index in [0.717, 1.165) is 54.9 Å². The Morgan fingerprint density at radius 2 is 1.97 bits per heavy atom. The molecule has 0 radical (unpaired) electrons. The summed E-state index contributed by atoms with van der Waals surface area (Å²) in [5.74, 6) is 1.17. The van der Waals surface area contributed by atoms with Gasteiger partial charge in [0.2, 0.25) is 0 Å². The van der Waals surface area contributed by atoms with Gasteiger partial charge in [-0.2, -0.15) is 17.0 Å². The Hall–Kier alpha value is -2.10. The number of aryl methyl sites for hydroxylation is 1. The first-order valence-electron chi connectivity index (χ1n) is 10.8. The maximum atomic E-state index is 13.7. The van der Waals surface area contributed by atoms with Gasteiger partial charge in [0.1, 0.15) is 17.5 Å². The van der Waals surface area contributed by atoms with E-state index in [4.69, 9.17) is 9.97 Å². The van der Waals surface area contributed by atoms with Crippen LogP contribution in [0, 0.1) is 12.7 Å². The molecule has 2 aliphatic rings. The molecule has 1 atom stereocenters. The van der Waals surface area contributed by atoms with Crippen LogP contribution in [0.25, 0.3) is 0 Å². The summed E-state index contributed by atoms with van der Waals surface area (Å²) in [6, 6.07) is 6.26. The molecule has 1 aromatic carbocycles. The predicted molar refractivity (Wildman–Crippen MR) is 118 cm³/mol. The second-order valence-electron chi connectivity index (χ2n) is 8.54. The van der Waals surface area contributed by atoms with Crippen molar-refractivity contribution in [1.29, 1.82) is 0 Å². The maximum Gasteiger partial charge on any atom is 0.282 e. The van der Waals surface area contributed by atoms with E-state index in [-0.39, 0.29) is 11.9 Å². The quantitative estimate of drug-likeness (QED) is 0.704. The molecule has 31 heavy (non-hydrogen) atoms. The normalized spacial score (nSPS) is 20.2. The first-order valence-corrected chi connectivity index (χ1v) is 12.2. The number of fused-ring (bicyclic) bond motifs is 1. The Morgan fingerprint density at radius 3 is 2.71 bits per heavy atom. The predicted octanol–water partition coefficient (Wildman–Crippen LogP) is 3.21. The SMILES string of the molecule is Cc1nc([C@@H]2CCCCN2S(=O)(=O)N(C)C)nc2c1CCCN2Cc1cccc(F)c1. The van der Waals surface area contributed by atoms with Gasteiger partial charge in [-0.15, -0.1) is 0 Å².